The van der Waals surface area contributed by atoms with Gasteiger partial charge in [0, 0.05) is 0 Å². The molecule has 0 aliphatic carbocycles. The second kappa shape index (κ2) is 7.95. The Morgan fingerprint density at radius 3 is 2.39 bits per heavy atom. The van der Waals surface area contributed by atoms with Gasteiger partial charge < -0.3 is 5.32 Å². The van der Waals surface area contributed by atoms with Crippen LogP contribution in [0.5, 0.6) is 0 Å². The van der Waals surface area contributed by atoms with Crippen LogP contribution in [0.3, 0.4) is 0 Å². The second-order valence-electron chi connectivity index (χ2n) is 5.37. The van der Waals surface area contributed by atoms with E-state index in [1.54, 1.807) is 6.08 Å². The first kappa shape index (κ1) is 16.5. The van der Waals surface area contributed by atoms with Gasteiger partial charge in [0.15, 0.2) is 0 Å². The van der Waals surface area contributed by atoms with Gasteiger partial charge in [-0.15, -0.1) is 0 Å². The molecular weight excluding hydrogens is 284 g/mol. The van der Waals surface area contributed by atoms with Crippen LogP contribution in [0.25, 0.3) is 6.08 Å². The zero-order chi connectivity index (χ0) is 16.7. The normalized spacial score (nSPS) is 12.3. The molecule has 0 aromatic heterocycles. The van der Waals surface area contributed by atoms with Crippen molar-refractivity contribution in [1.29, 1.82) is 5.26 Å². The molecule has 0 bridgehead atoms. The van der Waals surface area contributed by atoms with E-state index in [4.69, 9.17) is 0 Å². The molecule has 0 fully saturated rings. The topological polar surface area (TPSA) is 52.9 Å². The van der Waals surface area contributed by atoms with Crippen LogP contribution in [-0.2, 0) is 11.2 Å². The number of nitrogens with one attached hydrogen (secondary N) is 1. The first-order chi connectivity index (χ1) is 11.1. The summed E-state index contributed by atoms with van der Waals surface area (Å²) in [6.45, 7) is 3.99. The van der Waals surface area contributed by atoms with E-state index in [1.165, 1.54) is 5.56 Å². The Balaban J connectivity index is 2.11. The Hall–Kier alpha value is -2.86. The molecule has 3 heteroatoms. The van der Waals surface area contributed by atoms with E-state index < -0.39 is 0 Å². The third-order valence-corrected chi connectivity index (χ3v) is 3.71. The number of benzene rings is 2. The molecule has 0 saturated heterocycles. The molecule has 2 rings (SSSR count). The summed E-state index contributed by atoms with van der Waals surface area (Å²) in [5, 5.41) is 12.1. The smallest absolute Gasteiger partial charge is 0.262 e. The van der Waals surface area contributed by atoms with Crippen molar-refractivity contribution >= 4 is 12.0 Å². The Labute approximate surface area is 137 Å². The summed E-state index contributed by atoms with van der Waals surface area (Å²) in [6, 6.07) is 19.4. The average Bonchev–Trinajstić information content (AvgIpc) is 2.60. The molecule has 2 aromatic rings. The van der Waals surface area contributed by atoms with Gasteiger partial charge >= 0.3 is 0 Å². The summed E-state index contributed by atoms with van der Waals surface area (Å²) < 4.78 is 0. The minimum Gasteiger partial charge on any atom is -0.345 e. The van der Waals surface area contributed by atoms with E-state index in [-0.39, 0.29) is 17.5 Å². The van der Waals surface area contributed by atoms with Crippen LogP contribution in [0.15, 0.2) is 60.2 Å². The molecule has 0 aliphatic rings. The number of amides is 1. The number of hydrogen-bond donors (Lipinski definition) is 1. The number of nitriles is 1. The maximum atomic E-state index is 12.3. The summed E-state index contributed by atoms with van der Waals surface area (Å²) in [7, 11) is 0. The lowest BCUT2D eigenvalue weighted by Crippen LogP contribution is -2.27. The fourth-order valence-electron chi connectivity index (χ4n) is 2.26. The molecule has 1 amide bonds. The third-order valence-electron chi connectivity index (χ3n) is 3.71. The largest absolute Gasteiger partial charge is 0.345 e. The monoisotopic (exact) mass is 304 g/mol. The Morgan fingerprint density at radius 1 is 1.17 bits per heavy atom. The molecule has 0 saturated carbocycles. The molecule has 3 nitrogen and oxygen atoms in total. The van der Waals surface area contributed by atoms with Crippen molar-refractivity contribution in [2.75, 3.05) is 0 Å². The fourth-order valence-corrected chi connectivity index (χ4v) is 2.26. The summed E-state index contributed by atoms with van der Waals surface area (Å²) in [5.41, 5.74) is 3.19. The maximum absolute atomic E-state index is 12.3. The van der Waals surface area contributed by atoms with Gasteiger partial charge in [-0.1, -0.05) is 61.5 Å². The van der Waals surface area contributed by atoms with Crippen molar-refractivity contribution in [3.63, 3.8) is 0 Å². The number of rotatable bonds is 5. The summed E-state index contributed by atoms with van der Waals surface area (Å²) >= 11 is 0. The second-order valence-corrected chi connectivity index (χ2v) is 5.37. The minimum atomic E-state index is -0.358. The van der Waals surface area contributed by atoms with Crippen LogP contribution >= 0.6 is 0 Å². The molecule has 0 heterocycles. The molecular formula is C20H20N2O. The lowest BCUT2D eigenvalue weighted by molar-refractivity contribution is -0.117. The van der Waals surface area contributed by atoms with Gasteiger partial charge in [0.1, 0.15) is 11.6 Å². The fraction of sp³-hybridized carbons (Fsp3) is 0.200. The van der Waals surface area contributed by atoms with Gasteiger partial charge in [-0.05, 0) is 36.1 Å². The number of hydrogen-bond acceptors (Lipinski definition) is 2. The molecule has 0 aliphatic heterocycles. The third kappa shape index (κ3) is 4.55. The first-order valence-electron chi connectivity index (χ1n) is 7.70. The highest BCUT2D eigenvalue weighted by Crippen LogP contribution is 2.14. The van der Waals surface area contributed by atoms with E-state index in [2.05, 4.69) is 12.2 Å². The number of nitrogens with zero attached hydrogens (tertiary/aromatic N) is 1. The summed E-state index contributed by atoms with van der Waals surface area (Å²) in [5.74, 6) is -0.358. The molecule has 0 radical (unpaired) electrons. The van der Waals surface area contributed by atoms with Crippen molar-refractivity contribution in [2.45, 2.75) is 26.3 Å². The zero-order valence-corrected chi connectivity index (χ0v) is 13.4. The lowest BCUT2D eigenvalue weighted by Gasteiger charge is -2.13. The van der Waals surface area contributed by atoms with Crippen LogP contribution in [0.1, 0.15) is 36.6 Å². The maximum Gasteiger partial charge on any atom is 0.262 e. The number of carbonyl (C=O) groups excluding carboxylic acids is 1. The van der Waals surface area contributed by atoms with E-state index >= 15 is 0 Å². The van der Waals surface area contributed by atoms with Crippen LogP contribution in [0.4, 0.5) is 0 Å². The van der Waals surface area contributed by atoms with Gasteiger partial charge in [-0.25, -0.2) is 0 Å². The van der Waals surface area contributed by atoms with Crippen molar-refractivity contribution in [3.05, 3.63) is 76.9 Å². The van der Waals surface area contributed by atoms with E-state index in [9.17, 15) is 10.1 Å². The standard InChI is InChI=1S/C20H20N2O/c1-3-16-9-11-17(12-10-16)13-19(14-21)20(23)22-15(2)18-7-5-4-6-8-18/h4-13,15H,3H2,1-2H3,(H,22,23)/b19-13+. The van der Waals surface area contributed by atoms with Gasteiger partial charge in [0.2, 0.25) is 0 Å². The summed E-state index contributed by atoms with van der Waals surface area (Å²) in [6.07, 6.45) is 2.58. The van der Waals surface area contributed by atoms with Gasteiger partial charge in [-0.2, -0.15) is 5.26 Å². The molecule has 0 spiro atoms. The highest BCUT2D eigenvalue weighted by Gasteiger charge is 2.13. The predicted molar refractivity (Wildman–Crippen MR) is 92.4 cm³/mol. The molecule has 23 heavy (non-hydrogen) atoms. The summed E-state index contributed by atoms with van der Waals surface area (Å²) in [4.78, 5) is 12.3. The number of carbonyl (C=O) groups is 1. The highest BCUT2D eigenvalue weighted by molar-refractivity contribution is 6.01. The predicted octanol–water partition coefficient (Wildman–Crippen LogP) is 4.03. The van der Waals surface area contributed by atoms with Crippen molar-refractivity contribution in [3.8, 4) is 6.07 Å². The van der Waals surface area contributed by atoms with E-state index in [1.807, 2.05) is 67.6 Å². The Morgan fingerprint density at radius 2 is 1.83 bits per heavy atom. The number of aryl methyl sites for hydroxylation is 1. The quantitative estimate of drug-likeness (QED) is 0.669. The Bertz CT molecular complexity index is 724. The van der Waals surface area contributed by atoms with Gasteiger partial charge in [0.25, 0.3) is 5.91 Å². The zero-order valence-electron chi connectivity index (χ0n) is 13.4. The highest BCUT2D eigenvalue weighted by atomic mass is 16.1. The van der Waals surface area contributed by atoms with Crippen LogP contribution in [0.2, 0.25) is 0 Å². The lowest BCUT2D eigenvalue weighted by atomic mass is 10.1. The van der Waals surface area contributed by atoms with Crippen LogP contribution < -0.4 is 5.32 Å². The average molecular weight is 304 g/mol. The van der Waals surface area contributed by atoms with Gasteiger partial charge in [-0.3, -0.25) is 4.79 Å². The minimum absolute atomic E-state index is 0.108. The Kier molecular flexibility index (Phi) is 5.71. The van der Waals surface area contributed by atoms with Crippen LogP contribution in [0, 0.1) is 11.3 Å². The first-order valence-corrected chi connectivity index (χ1v) is 7.70. The SMILES string of the molecule is CCc1ccc(/C=C(\C#N)C(=O)NC(C)c2ccccc2)cc1. The molecule has 116 valence electrons. The van der Waals surface area contributed by atoms with Gasteiger partial charge in [0.05, 0.1) is 6.04 Å². The van der Waals surface area contributed by atoms with Crippen molar-refractivity contribution in [2.24, 2.45) is 0 Å². The van der Waals surface area contributed by atoms with Crippen LogP contribution in [-0.4, -0.2) is 5.91 Å². The molecule has 1 unspecified atom stereocenters. The molecule has 1 N–H and O–H groups in total. The van der Waals surface area contributed by atoms with Crippen molar-refractivity contribution in [1.82, 2.24) is 5.32 Å². The molecule has 2 aromatic carbocycles. The van der Waals surface area contributed by atoms with Crippen molar-refractivity contribution < 1.29 is 4.79 Å². The van der Waals surface area contributed by atoms with E-state index in [0.717, 1.165) is 17.5 Å². The van der Waals surface area contributed by atoms with E-state index in [0.29, 0.717) is 0 Å². The molecule has 1 atom stereocenters.